The molecular formula is C33H39F2N3O4. The smallest absolute Gasteiger partial charge is 0.251 e. The molecule has 1 saturated heterocycles. The Morgan fingerprint density at radius 2 is 1.79 bits per heavy atom. The third kappa shape index (κ3) is 8.21. The molecule has 3 atom stereocenters. The number of amides is 1. The van der Waals surface area contributed by atoms with E-state index in [-0.39, 0.29) is 30.4 Å². The van der Waals surface area contributed by atoms with Gasteiger partial charge >= 0.3 is 0 Å². The normalized spacial score (nSPS) is 16.7. The number of hydrogen-bond acceptors (Lipinski definition) is 6. The van der Waals surface area contributed by atoms with Gasteiger partial charge in [-0.2, -0.15) is 0 Å². The highest BCUT2D eigenvalue weighted by Gasteiger charge is 2.31. The largest absolute Gasteiger partial charge is 0.497 e. The molecule has 1 heterocycles. The predicted octanol–water partition coefficient (Wildman–Crippen LogP) is 4.44. The number of nitrogens with one attached hydrogen (secondary N) is 2. The number of aryl methyl sites for hydroxylation is 1. The second kappa shape index (κ2) is 14.5. The predicted molar refractivity (Wildman–Crippen MR) is 158 cm³/mol. The van der Waals surface area contributed by atoms with Crippen LogP contribution in [-0.4, -0.2) is 66.6 Å². The van der Waals surface area contributed by atoms with Crippen LogP contribution in [0, 0.1) is 18.6 Å². The molecule has 1 fully saturated rings. The number of aliphatic hydroxyl groups is 1. The summed E-state index contributed by atoms with van der Waals surface area (Å²) in [7, 11) is 1.58. The molecule has 4 rings (SSSR count). The summed E-state index contributed by atoms with van der Waals surface area (Å²) in [5.41, 5.74) is 2.75. The van der Waals surface area contributed by atoms with Crippen LogP contribution in [0.5, 0.6) is 5.75 Å². The Kier molecular flexibility index (Phi) is 10.8. The van der Waals surface area contributed by atoms with Crippen LogP contribution in [0.4, 0.5) is 8.78 Å². The number of carbonyl (C=O) groups excluding carboxylic acids is 2. The zero-order valence-corrected chi connectivity index (χ0v) is 24.3. The van der Waals surface area contributed by atoms with Crippen molar-refractivity contribution in [1.82, 2.24) is 15.5 Å². The number of methoxy groups -OCH3 is 1. The lowest BCUT2D eigenvalue weighted by molar-refractivity contribution is 0.0829. The van der Waals surface area contributed by atoms with Crippen LogP contribution < -0.4 is 15.4 Å². The van der Waals surface area contributed by atoms with E-state index in [1.807, 2.05) is 38.1 Å². The van der Waals surface area contributed by atoms with Crippen molar-refractivity contribution in [2.75, 3.05) is 26.7 Å². The van der Waals surface area contributed by atoms with Gasteiger partial charge in [0.05, 0.1) is 25.3 Å². The lowest BCUT2D eigenvalue weighted by Gasteiger charge is -2.25. The van der Waals surface area contributed by atoms with Gasteiger partial charge in [0, 0.05) is 30.3 Å². The topological polar surface area (TPSA) is 90.9 Å². The number of aliphatic hydroxyl groups excluding tert-OH is 1. The zero-order valence-electron chi connectivity index (χ0n) is 24.3. The lowest BCUT2D eigenvalue weighted by atomic mass is 9.96. The second-order valence-electron chi connectivity index (χ2n) is 10.9. The van der Waals surface area contributed by atoms with Crippen LogP contribution in [0.15, 0.2) is 60.7 Å². The van der Waals surface area contributed by atoms with Crippen molar-refractivity contribution in [3.05, 3.63) is 100 Å². The highest BCUT2D eigenvalue weighted by molar-refractivity contribution is 6.03. The number of likely N-dealkylation sites (tertiary alicyclic amines) is 1. The SMILES string of the molecule is CCN1CCC[C@@H]1C(=O)c1cc(C)cc(C(=O)N[C@@H](Cc2cc(F)cc(F)c2)[C@H](O)CNCc2cccc(OC)c2)c1. The molecule has 1 aliphatic rings. The van der Waals surface area contributed by atoms with E-state index in [4.69, 9.17) is 4.74 Å². The third-order valence-electron chi connectivity index (χ3n) is 7.67. The summed E-state index contributed by atoms with van der Waals surface area (Å²) in [6.07, 6.45) is 0.639. The summed E-state index contributed by atoms with van der Waals surface area (Å²) in [6, 6.07) is 14.6. The maximum absolute atomic E-state index is 14.0. The van der Waals surface area contributed by atoms with Crippen molar-refractivity contribution in [1.29, 1.82) is 0 Å². The minimum atomic E-state index is -1.09. The van der Waals surface area contributed by atoms with Crippen LogP contribution in [-0.2, 0) is 13.0 Å². The first-order valence-corrected chi connectivity index (χ1v) is 14.3. The first-order chi connectivity index (χ1) is 20.2. The molecule has 9 heteroatoms. The van der Waals surface area contributed by atoms with Gasteiger partial charge in [0.15, 0.2) is 5.78 Å². The highest BCUT2D eigenvalue weighted by Crippen LogP contribution is 2.23. The average molecular weight is 580 g/mol. The molecule has 3 aromatic rings. The molecule has 224 valence electrons. The molecule has 0 aromatic heterocycles. The number of ketones is 1. The molecule has 7 nitrogen and oxygen atoms in total. The zero-order chi connectivity index (χ0) is 30.2. The van der Waals surface area contributed by atoms with Gasteiger partial charge in [-0.1, -0.05) is 19.1 Å². The van der Waals surface area contributed by atoms with Crippen molar-refractivity contribution < 1.29 is 28.2 Å². The van der Waals surface area contributed by atoms with Crippen LogP contribution >= 0.6 is 0 Å². The van der Waals surface area contributed by atoms with E-state index in [2.05, 4.69) is 15.5 Å². The number of carbonyl (C=O) groups is 2. The molecule has 3 N–H and O–H groups in total. The standard InChI is InChI=1S/C33H39F2N3O4/c1-4-38-10-6-9-30(38)32(40)24-11-21(2)12-25(17-24)33(41)37-29(16-23-13-26(34)18-27(35)14-23)31(39)20-36-19-22-7-5-8-28(15-22)42-3/h5,7-8,11-15,17-18,29-31,36,39H,4,6,9-10,16,19-20H2,1-3H3,(H,37,41)/t29-,30+,31+/m0/s1. The van der Waals surface area contributed by atoms with E-state index >= 15 is 0 Å². The summed E-state index contributed by atoms with van der Waals surface area (Å²) < 4.78 is 33.2. The maximum atomic E-state index is 14.0. The van der Waals surface area contributed by atoms with Gasteiger partial charge in [0.25, 0.3) is 5.91 Å². The molecule has 0 aliphatic carbocycles. The molecule has 1 aliphatic heterocycles. The third-order valence-corrected chi connectivity index (χ3v) is 7.67. The van der Waals surface area contributed by atoms with Crippen molar-refractivity contribution in [2.24, 2.45) is 0 Å². The minimum Gasteiger partial charge on any atom is -0.497 e. The minimum absolute atomic E-state index is 0.00638. The van der Waals surface area contributed by atoms with Gasteiger partial charge in [0.1, 0.15) is 17.4 Å². The fourth-order valence-electron chi connectivity index (χ4n) is 5.56. The van der Waals surface area contributed by atoms with E-state index < -0.39 is 29.7 Å². The molecule has 0 spiro atoms. The number of nitrogens with zero attached hydrogens (tertiary/aromatic N) is 1. The Morgan fingerprint density at radius 3 is 2.50 bits per heavy atom. The Bertz CT molecular complexity index is 1380. The van der Waals surface area contributed by atoms with Crippen molar-refractivity contribution in [3.63, 3.8) is 0 Å². The molecule has 42 heavy (non-hydrogen) atoms. The maximum Gasteiger partial charge on any atom is 0.251 e. The summed E-state index contributed by atoms with van der Waals surface area (Å²) in [5.74, 6) is -1.27. The van der Waals surface area contributed by atoms with Crippen LogP contribution in [0.2, 0.25) is 0 Å². The average Bonchev–Trinajstić information content (AvgIpc) is 3.44. The number of ether oxygens (including phenoxy) is 1. The Balaban J connectivity index is 1.51. The summed E-state index contributed by atoms with van der Waals surface area (Å²) in [6.45, 7) is 6.04. The van der Waals surface area contributed by atoms with Gasteiger partial charge in [-0.25, -0.2) is 8.78 Å². The monoisotopic (exact) mass is 579 g/mol. The number of rotatable bonds is 13. The van der Waals surface area contributed by atoms with Gasteiger partial charge in [-0.3, -0.25) is 14.5 Å². The lowest BCUT2D eigenvalue weighted by Crippen LogP contribution is -2.48. The van der Waals surface area contributed by atoms with Gasteiger partial charge in [0.2, 0.25) is 0 Å². The molecule has 0 saturated carbocycles. The van der Waals surface area contributed by atoms with Crippen LogP contribution in [0.3, 0.4) is 0 Å². The highest BCUT2D eigenvalue weighted by atomic mass is 19.1. The first-order valence-electron chi connectivity index (χ1n) is 14.3. The number of benzene rings is 3. The van der Waals surface area contributed by atoms with Crippen molar-refractivity contribution >= 4 is 11.7 Å². The van der Waals surface area contributed by atoms with Gasteiger partial charge in [-0.15, -0.1) is 0 Å². The van der Waals surface area contributed by atoms with Crippen molar-refractivity contribution in [3.8, 4) is 5.75 Å². The van der Waals surface area contributed by atoms with Gasteiger partial charge in [-0.05, 0) is 98.4 Å². The Morgan fingerprint density at radius 1 is 1.05 bits per heavy atom. The van der Waals surface area contributed by atoms with Crippen LogP contribution in [0.1, 0.15) is 57.2 Å². The fraction of sp³-hybridized carbons (Fsp3) is 0.394. The van der Waals surface area contributed by atoms with Crippen LogP contribution in [0.25, 0.3) is 0 Å². The van der Waals surface area contributed by atoms with E-state index in [9.17, 15) is 23.5 Å². The summed E-state index contributed by atoms with van der Waals surface area (Å²) in [4.78, 5) is 29.0. The molecule has 0 unspecified atom stereocenters. The Labute approximate surface area is 245 Å². The van der Waals surface area contributed by atoms with Gasteiger partial charge < -0.3 is 20.5 Å². The number of halogens is 2. The number of hydrogen-bond donors (Lipinski definition) is 3. The number of Topliss-reactive ketones (excluding diaryl/α,β-unsaturated/α-hetero) is 1. The molecule has 3 aromatic carbocycles. The fourth-order valence-corrected chi connectivity index (χ4v) is 5.56. The molecule has 0 bridgehead atoms. The van der Waals surface area contributed by atoms with E-state index in [0.717, 1.165) is 43.1 Å². The second-order valence-corrected chi connectivity index (χ2v) is 10.9. The van der Waals surface area contributed by atoms with E-state index in [0.29, 0.717) is 23.4 Å². The summed E-state index contributed by atoms with van der Waals surface area (Å²) >= 11 is 0. The first kappa shape index (κ1) is 31.3. The number of likely N-dealkylation sites (N-methyl/N-ethyl adjacent to an activating group) is 1. The molecule has 1 amide bonds. The molecule has 0 radical (unpaired) electrons. The van der Waals surface area contributed by atoms with Crippen molar-refractivity contribution in [2.45, 2.75) is 57.8 Å². The van der Waals surface area contributed by atoms with E-state index in [1.54, 1.807) is 25.3 Å². The van der Waals surface area contributed by atoms with E-state index in [1.165, 1.54) is 12.1 Å². The summed E-state index contributed by atoms with van der Waals surface area (Å²) in [5, 5.41) is 17.2. The molecular weight excluding hydrogens is 540 g/mol. The Hall–Kier alpha value is -3.66. The quantitative estimate of drug-likeness (QED) is 0.260.